The Kier molecular flexibility index (Phi) is 4.96. The topological polar surface area (TPSA) is 76.2 Å². The molecule has 1 spiro atoms. The molecule has 1 aromatic carbocycles. The molecule has 9 heteroatoms. The van der Waals surface area contributed by atoms with Crippen LogP contribution in [0.15, 0.2) is 30.5 Å². The van der Waals surface area contributed by atoms with Gasteiger partial charge in [0.15, 0.2) is 0 Å². The molecule has 0 radical (unpaired) electrons. The predicted molar refractivity (Wildman–Crippen MR) is 139 cm³/mol. The van der Waals surface area contributed by atoms with Crippen molar-refractivity contribution in [1.82, 2.24) is 4.98 Å². The molecule has 5 heterocycles. The minimum Gasteiger partial charge on any atom is -0.376 e. The summed E-state index contributed by atoms with van der Waals surface area (Å²) >= 11 is 0. The number of carbonyl (C=O) groups excluding carboxylic acids is 1. The first-order chi connectivity index (χ1) is 18.4. The van der Waals surface area contributed by atoms with E-state index in [-0.39, 0.29) is 42.3 Å². The minimum absolute atomic E-state index is 0.0855. The lowest BCUT2D eigenvalue weighted by Gasteiger charge is -2.42. The van der Waals surface area contributed by atoms with Crippen molar-refractivity contribution >= 4 is 28.8 Å². The smallest absolute Gasteiger partial charge is 0.230 e. The number of hydrogen-bond donors (Lipinski definition) is 1. The molecule has 1 unspecified atom stereocenters. The van der Waals surface area contributed by atoms with Crippen LogP contribution in [-0.4, -0.2) is 60.1 Å². The summed E-state index contributed by atoms with van der Waals surface area (Å²) < 4.78 is 32.4. The molecule has 3 saturated heterocycles. The first-order valence-corrected chi connectivity index (χ1v) is 14.0. The fraction of sp³-hybridized carbons (Fsp3) is 0.586. The van der Waals surface area contributed by atoms with Crippen LogP contribution in [0.25, 0.3) is 0 Å². The molecule has 4 aliphatic heterocycles. The van der Waals surface area contributed by atoms with Crippen molar-refractivity contribution in [2.45, 2.75) is 82.1 Å². The van der Waals surface area contributed by atoms with E-state index in [1.807, 2.05) is 11.0 Å². The second-order valence-electron chi connectivity index (χ2n) is 12.0. The van der Waals surface area contributed by atoms with E-state index in [0.717, 1.165) is 42.7 Å². The summed E-state index contributed by atoms with van der Waals surface area (Å²) in [5, 5.41) is 3.39. The first-order valence-electron chi connectivity index (χ1n) is 14.0. The molecule has 1 N–H and O–H groups in total. The number of nitrogens with zero attached hydrogens (tertiary/aromatic N) is 3. The van der Waals surface area contributed by atoms with Crippen molar-refractivity contribution in [2.24, 2.45) is 11.8 Å². The van der Waals surface area contributed by atoms with Crippen molar-refractivity contribution in [1.29, 1.82) is 0 Å². The molecular weight excluding hydrogens is 487 g/mol. The molecule has 200 valence electrons. The third kappa shape index (κ3) is 3.18. The highest BCUT2D eigenvalue weighted by Gasteiger charge is 2.86. The Morgan fingerprint density at radius 2 is 2.05 bits per heavy atom. The third-order valence-corrected chi connectivity index (χ3v) is 9.59. The van der Waals surface area contributed by atoms with Gasteiger partial charge >= 0.3 is 0 Å². The quantitative estimate of drug-likeness (QED) is 0.649. The van der Waals surface area contributed by atoms with E-state index in [0.29, 0.717) is 42.6 Å². The molecule has 0 bridgehead atoms. The number of amides is 1. The number of pyridine rings is 1. The Labute approximate surface area is 221 Å². The van der Waals surface area contributed by atoms with Crippen LogP contribution in [0, 0.1) is 17.7 Å². The molecule has 1 amide bonds. The lowest BCUT2D eigenvalue weighted by atomic mass is 9.86. The van der Waals surface area contributed by atoms with Crippen molar-refractivity contribution in [2.75, 3.05) is 28.3 Å². The standard InChI is InChI=1S/C29H33FN4O4/c1-15(2)38-20-6-3-16(4-7-20)28(35)33-12-17-9-18(30)11-31-27(17)32-21-8-5-19(10-22(21)33)34-23-13-36-26-25(23)29(26)24(34)14-37-29/h5,8-11,15-16,20,23-26H,3-4,6-7,12-14H2,1-2H3,(H,31,32)/t16?,20?,23-,24-,25?,26+,29-/m1/s1. The number of rotatable bonds is 4. The minimum atomic E-state index is -0.404. The van der Waals surface area contributed by atoms with Crippen LogP contribution in [0.1, 0.15) is 45.1 Å². The van der Waals surface area contributed by atoms with Gasteiger partial charge in [0.25, 0.3) is 0 Å². The van der Waals surface area contributed by atoms with Crippen LogP contribution in [0.4, 0.5) is 27.3 Å². The average Bonchev–Trinajstić information content (AvgIpc) is 3.41. The monoisotopic (exact) mass is 520 g/mol. The van der Waals surface area contributed by atoms with E-state index in [9.17, 15) is 9.18 Å². The van der Waals surface area contributed by atoms with Crippen molar-refractivity contribution < 1.29 is 23.4 Å². The molecular formula is C29H33FN4O4. The SMILES string of the molecule is CC(C)OC1CCC(C(=O)N2Cc3cc(F)cnc3Nc3ccc(N4[C@@H]5CO[C@H]6C5[C@@]65OC[C@@H]45)cc32)CC1. The van der Waals surface area contributed by atoms with Gasteiger partial charge in [0.2, 0.25) is 5.91 Å². The summed E-state index contributed by atoms with van der Waals surface area (Å²) in [5.74, 6) is 0.620. The van der Waals surface area contributed by atoms with Gasteiger partial charge in [0, 0.05) is 23.1 Å². The summed E-state index contributed by atoms with van der Waals surface area (Å²) in [6.07, 6.45) is 5.19. The lowest BCUT2D eigenvalue weighted by molar-refractivity contribution is -0.124. The highest BCUT2D eigenvalue weighted by molar-refractivity contribution is 6.00. The summed E-state index contributed by atoms with van der Waals surface area (Å²) in [7, 11) is 0. The van der Waals surface area contributed by atoms with Gasteiger partial charge < -0.3 is 29.3 Å². The molecule has 1 aromatic heterocycles. The largest absolute Gasteiger partial charge is 0.376 e. The Balaban J connectivity index is 1.13. The Hall–Kier alpha value is -2.75. The van der Waals surface area contributed by atoms with Crippen molar-refractivity contribution in [3.05, 3.63) is 41.8 Å². The van der Waals surface area contributed by atoms with E-state index in [1.165, 1.54) is 12.3 Å². The number of benzene rings is 1. The normalized spacial score (nSPS) is 36.0. The van der Waals surface area contributed by atoms with E-state index < -0.39 is 5.82 Å². The Bertz CT molecular complexity index is 1310. The number of carbonyl (C=O) groups is 1. The van der Waals surface area contributed by atoms with Gasteiger partial charge in [-0.15, -0.1) is 0 Å². The lowest BCUT2D eigenvalue weighted by Crippen LogP contribution is -2.57. The van der Waals surface area contributed by atoms with Gasteiger partial charge in [-0.05, 0) is 63.8 Å². The van der Waals surface area contributed by atoms with Gasteiger partial charge in [-0.2, -0.15) is 0 Å². The van der Waals surface area contributed by atoms with Crippen molar-refractivity contribution in [3.63, 3.8) is 0 Å². The molecule has 6 aliphatic rings. The van der Waals surface area contributed by atoms with Gasteiger partial charge in [0.05, 0.1) is 67.7 Å². The number of hydrogen-bond acceptors (Lipinski definition) is 7. The number of ether oxygens (including phenoxy) is 3. The number of aromatic nitrogens is 1. The maximum Gasteiger partial charge on any atom is 0.230 e. The molecule has 2 aliphatic carbocycles. The van der Waals surface area contributed by atoms with Gasteiger partial charge in [0.1, 0.15) is 17.2 Å². The maximum absolute atomic E-state index is 14.2. The summed E-state index contributed by atoms with van der Waals surface area (Å²) in [6.45, 7) is 5.81. The molecule has 2 saturated carbocycles. The van der Waals surface area contributed by atoms with Crippen LogP contribution >= 0.6 is 0 Å². The highest BCUT2D eigenvalue weighted by atomic mass is 19.1. The number of anilines is 4. The summed E-state index contributed by atoms with van der Waals surface area (Å²) in [6, 6.07) is 8.37. The van der Waals surface area contributed by atoms with Gasteiger partial charge in [-0.1, -0.05) is 0 Å². The van der Waals surface area contributed by atoms with Gasteiger partial charge in [-0.3, -0.25) is 4.79 Å². The van der Waals surface area contributed by atoms with E-state index >= 15 is 0 Å². The van der Waals surface area contributed by atoms with E-state index in [1.54, 1.807) is 0 Å². The van der Waals surface area contributed by atoms with Crippen LogP contribution in [0.3, 0.4) is 0 Å². The predicted octanol–water partition coefficient (Wildman–Crippen LogP) is 4.15. The van der Waals surface area contributed by atoms with Gasteiger partial charge in [-0.25, -0.2) is 9.37 Å². The average molecular weight is 521 g/mol. The van der Waals surface area contributed by atoms with Crippen molar-refractivity contribution in [3.8, 4) is 0 Å². The number of piperidine rings is 1. The van der Waals surface area contributed by atoms with E-state index in [2.05, 4.69) is 41.2 Å². The number of fused-ring (bicyclic) bond motifs is 2. The maximum atomic E-state index is 14.2. The fourth-order valence-corrected chi connectivity index (χ4v) is 7.87. The number of nitrogens with one attached hydrogen (secondary N) is 1. The fourth-order valence-electron chi connectivity index (χ4n) is 7.87. The van der Waals surface area contributed by atoms with E-state index in [4.69, 9.17) is 14.2 Å². The first kappa shape index (κ1) is 23.2. The van der Waals surface area contributed by atoms with Crippen LogP contribution in [0.2, 0.25) is 0 Å². The third-order valence-electron chi connectivity index (χ3n) is 9.59. The molecule has 8 nitrogen and oxygen atoms in total. The second-order valence-corrected chi connectivity index (χ2v) is 12.0. The zero-order valence-corrected chi connectivity index (χ0v) is 21.7. The number of halogens is 1. The van der Waals surface area contributed by atoms with Crippen LogP contribution in [-0.2, 0) is 25.5 Å². The zero-order chi connectivity index (χ0) is 25.8. The Morgan fingerprint density at radius 3 is 2.79 bits per heavy atom. The molecule has 38 heavy (non-hydrogen) atoms. The molecule has 2 aromatic rings. The van der Waals surface area contributed by atoms with Crippen LogP contribution in [0.5, 0.6) is 0 Å². The summed E-state index contributed by atoms with van der Waals surface area (Å²) in [4.78, 5) is 22.8. The zero-order valence-electron chi connectivity index (χ0n) is 21.7. The highest BCUT2D eigenvalue weighted by Crippen LogP contribution is 2.69. The van der Waals surface area contributed by atoms with Crippen LogP contribution < -0.4 is 15.1 Å². The molecule has 5 fully saturated rings. The second kappa shape index (κ2) is 8.13. The molecule has 5 atom stereocenters. The Morgan fingerprint density at radius 1 is 1.21 bits per heavy atom. The summed E-state index contributed by atoms with van der Waals surface area (Å²) in [5.41, 5.74) is 3.25. The molecule has 8 rings (SSSR count).